The predicted molar refractivity (Wildman–Crippen MR) is 84.9 cm³/mol. The van der Waals surface area contributed by atoms with Crippen molar-refractivity contribution in [1.82, 2.24) is 15.2 Å². The Bertz CT molecular complexity index is 553. The minimum Gasteiger partial charge on any atom is -0.271 e. The van der Waals surface area contributed by atoms with Crippen molar-refractivity contribution in [3.63, 3.8) is 0 Å². The number of hydrogen-bond donors (Lipinski definition) is 2. The highest BCUT2D eigenvalue weighted by molar-refractivity contribution is 7.98. The van der Waals surface area contributed by atoms with Gasteiger partial charge in [0, 0.05) is 11.4 Å². The summed E-state index contributed by atoms with van der Waals surface area (Å²) in [6, 6.07) is 8.14. The molecule has 3 N–H and O–H groups in total. The summed E-state index contributed by atoms with van der Waals surface area (Å²) in [6.07, 6.45) is 4.72. The third-order valence-electron chi connectivity index (χ3n) is 3.16. The monoisotopic (exact) mass is 310 g/mol. The van der Waals surface area contributed by atoms with Crippen molar-refractivity contribution < 1.29 is 0 Å². The molecule has 0 saturated heterocycles. The third kappa shape index (κ3) is 3.17. The lowest BCUT2D eigenvalue weighted by Gasteiger charge is -2.19. The molecule has 1 aromatic heterocycles. The molecule has 2 aromatic rings. The topological polar surface area (TPSA) is 55.9 Å². The van der Waals surface area contributed by atoms with E-state index in [9.17, 15) is 0 Å². The first-order valence-corrected chi connectivity index (χ1v) is 8.12. The van der Waals surface area contributed by atoms with Crippen molar-refractivity contribution >= 4 is 23.4 Å². The van der Waals surface area contributed by atoms with Crippen molar-refractivity contribution in [2.24, 2.45) is 5.84 Å². The molecule has 1 atom stereocenters. The normalized spacial score (nSPS) is 12.6. The molecule has 20 heavy (non-hydrogen) atoms. The van der Waals surface area contributed by atoms with Gasteiger partial charge in [0.15, 0.2) is 0 Å². The van der Waals surface area contributed by atoms with E-state index in [-0.39, 0.29) is 6.04 Å². The molecular formula is C14H19ClN4S. The maximum Gasteiger partial charge on any atom is 0.0893 e. The number of rotatable bonds is 6. The van der Waals surface area contributed by atoms with Gasteiger partial charge in [-0.05, 0) is 30.4 Å². The SMILES string of the molecule is CCCn1ncc(Cl)c1C(NN)c1ccc(SC)cc1. The molecular weight excluding hydrogens is 292 g/mol. The summed E-state index contributed by atoms with van der Waals surface area (Å²) in [7, 11) is 0. The summed E-state index contributed by atoms with van der Waals surface area (Å²) in [5.74, 6) is 5.75. The number of halogens is 1. The Morgan fingerprint density at radius 3 is 2.65 bits per heavy atom. The predicted octanol–water partition coefficient (Wildman–Crippen LogP) is 3.22. The van der Waals surface area contributed by atoms with Gasteiger partial charge < -0.3 is 0 Å². The van der Waals surface area contributed by atoms with Gasteiger partial charge in [-0.15, -0.1) is 11.8 Å². The third-order valence-corrected chi connectivity index (χ3v) is 4.19. The summed E-state index contributed by atoms with van der Waals surface area (Å²) in [5.41, 5.74) is 4.83. The fraction of sp³-hybridized carbons (Fsp3) is 0.357. The van der Waals surface area contributed by atoms with Crippen LogP contribution in [0.15, 0.2) is 35.4 Å². The number of nitrogens with one attached hydrogen (secondary N) is 1. The van der Waals surface area contributed by atoms with Crippen LogP contribution in [0.1, 0.15) is 30.6 Å². The molecule has 0 spiro atoms. The summed E-state index contributed by atoms with van der Waals surface area (Å²) in [5, 5.41) is 4.95. The van der Waals surface area contributed by atoms with E-state index in [0.29, 0.717) is 5.02 Å². The molecule has 6 heteroatoms. The van der Waals surface area contributed by atoms with Crippen LogP contribution in [0.2, 0.25) is 5.02 Å². The smallest absolute Gasteiger partial charge is 0.0893 e. The van der Waals surface area contributed by atoms with E-state index < -0.39 is 0 Å². The number of hydrogen-bond acceptors (Lipinski definition) is 4. The van der Waals surface area contributed by atoms with E-state index >= 15 is 0 Å². The van der Waals surface area contributed by atoms with Crippen LogP contribution in [0.3, 0.4) is 0 Å². The van der Waals surface area contributed by atoms with Gasteiger partial charge in [-0.2, -0.15) is 5.10 Å². The summed E-state index contributed by atoms with van der Waals surface area (Å²) < 4.78 is 1.91. The van der Waals surface area contributed by atoms with Crippen molar-refractivity contribution in [3.8, 4) is 0 Å². The highest BCUT2D eigenvalue weighted by atomic mass is 35.5. The summed E-state index contributed by atoms with van der Waals surface area (Å²) >= 11 is 7.99. The van der Waals surface area contributed by atoms with Crippen LogP contribution in [0.25, 0.3) is 0 Å². The Morgan fingerprint density at radius 1 is 1.40 bits per heavy atom. The Kier molecular flexibility index (Phi) is 5.48. The second-order valence-electron chi connectivity index (χ2n) is 4.47. The molecule has 1 aromatic carbocycles. The molecule has 0 aliphatic rings. The highest BCUT2D eigenvalue weighted by Crippen LogP contribution is 2.29. The van der Waals surface area contributed by atoms with Gasteiger partial charge in [0.25, 0.3) is 0 Å². The Morgan fingerprint density at radius 2 is 2.10 bits per heavy atom. The average molecular weight is 311 g/mol. The van der Waals surface area contributed by atoms with Gasteiger partial charge in [0.1, 0.15) is 0 Å². The molecule has 1 heterocycles. The molecule has 2 rings (SSSR count). The number of aromatic nitrogens is 2. The first-order chi connectivity index (χ1) is 9.71. The van der Waals surface area contributed by atoms with Crippen LogP contribution in [-0.2, 0) is 6.54 Å². The van der Waals surface area contributed by atoms with Crippen LogP contribution in [0.5, 0.6) is 0 Å². The Balaban J connectivity index is 2.38. The number of hydrazine groups is 1. The maximum atomic E-state index is 6.28. The lowest BCUT2D eigenvalue weighted by Crippen LogP contribution is -2.31. The molecule has 108 valence electrons. The van der Waals surface area contributed by atoms with E-state index in [0.717, 1.165) is 24.2 Å². The molecule has 0 aliphatic carbocycles. The Hall–Kier alpha value is -1.01. The lowest BCUT2D eigenvalue weighted by molar-refractivity contribution is 0.521. The first-order valence-electron chi connectivity index (χ1n) is 6.52. The van der Waals surface area contributed by atoms with E-state index in [1.54, 1.807) is 18.0 Å². The number of aryl methyl sites for hydroxylation is 1. The highest BCUT2D eigenvalue weighted by Gasteiger charge is 2.20. The van der Waals surface area contributed by atoms with Crippen molar-refractivity contribution in [2.45, 2.75) is 30.8 Å². The van der Waals surface area contributed by atoms with Gasteiger partial charge in [-0.1, -0.05) is 30.7 Å². The maximum absolute atomic E-state index is 6.28. The van der Waals surface area contributed by atoms with Crippen molar-refractivity contribution in [1.29, 1.82) is 0 Å². The number of nitrogens with zero attached hydrogens (tertiary/aromatic N) is 2. The molecule has 1 unspecified atom stereocenters. The average Bonchev–Trinajstić information content (AvgIpc) is 2.83. The standard InChI is InChI=1S/C14H19ClN4S/c1-3-8-19-14(12(15)9-17-19)13(18-16)10-4-6-11(20-2)7-5-10/h4-7,9,13,18H,3,8,16H2,1-2H3. The summed E-state index contributed by atoms with van der Waals surface area (Å²) in [4.78, 5) is 1.22. The van der Waals surface area contributed by atoms with E-state index in [2.05, 4.69) is 48.0 Å². The van der Waals surface area contributed by atoms with Crippen LogP contribution in [-0.4, -0.2) is 16.0 Å². The van der Waals surface area contributed by atoms with Crippen LogP contribution < -0.4 is 11.3 Å². The molecule has 0 amide bonds. The number of nitrogens with two attached hydrogens (primary N) is 1. The first kappa shape index (κ1) is 15.4. The van der Waals surface area contributed by atoms with Crippen LogP contribution >= 0.6 is 23.4 Å². The fourth-order valence-electron chi connectivity index (χ4n) is 2.18. The molecule has 0 radical (unpaired) electrons. The van der Waals surface area contributed by atoms with Gasteiger partial charge in [0.05, 0.1) is 23.0 Å². The fourth-order valence-corrected chi connectivity index (χ4v) is 2.84. The number of benzene rings is 1. The Labute approximate surface area is 128 Å². The quantitative estimate of drug-likeness (QED) is 0.489. The van der Waals surface area contributed by atoms with Gasteiger partial charge >= 0.3 is 0 Å². The number of thioether (sulfide) groups is 1. The molecule has 0 fully saturated rings. The largest absolute Gasteiger partial charge is 0.271 e. The van der Waals surface area contributed by atoms with Gasteiger partial charge in [0.2, 0.25) is 0 Å². The lowest BCUT2D eigenvalue weighted by atomic mass is 10.0. The summed E-state index contributed by atoms with van der Waals surface area (Å²) in [6.45, 7) is 2.93. The zero-order valence-electron chi connectivity index (χ0n) is 11.6. The van der Waals surface area contributed by atoms with Gasteiger partial charge in [-0.25, -0.2) is 5.43 Å². The second-order valence-corrected chi connectivity index (χ2v) is 5.76. The van der Waals surface area contributed by atoms with Crippen molar-refractivity contribution in [2.75, 3.05) is 6.26 Å². The zero-order chi connectivity index (χ0) is 14.5. The minimum absolute atomic E-state index is 0.160. The minimum atomic E-state index is -0.160. The molecule has 0 saturated carbocycles. The van der Waals surface area contributed by atoms with E-state index in [1.165, 1.54) is 4.90 Å². The van der Waals surface area contributed by atoms with Crippen LogP contribution in [0, 0.1) is 0 Å². The zero-order valence-corrected chi connectivity index (χ0v) is 13.2. The van der Waals surface area contributed by atoms with Gasteiger partial charge in [-0.3, -0.25) is 10.5 Å². The van der Waals surface area contributed by atoms with E-state index in [4.69, 9.17) is 17.4 Å². The van der Waals surface area contributed by atoms with Crippen LogP contribution in [0.4, 0.5) is 0 Å². The van der Waals surface area contributed by atoms with Crippen molar-refractivity contribution in [3.05, 3.63) is 46.7 Å². The van der Waals surface area contributed by atoms with E-state index in [1.807, 2.05) is 4.68 Å². The molecule has 0 aliphatic heterocycles. The molecule has 4 nitrogen and oxygen atoms in total. The second kappa shape index (κ2) is 7.13. The molecule has 0 bridgehead atoms.